The molecule has 0 unspecified atom stereocenters. The van der Waals surface area contributed by atoms with Crippen LogP contribution in [0.25, 0.3) is 0 Å². The maximum absolute atomic E-state index is 4.56. The number of aryl methyl sites for hydroxylation is 1. The van der Waals surface area contributed by atoms with Gasteiger partial charge in [-0.2, -0.15) is 0 Å². The minimum absolute atomic E-state index is 0.714. The normalized spacial score (nSPS) is 17.2. The minimum atomic E-state index is 0.714. The Morgan fingerprint density at radius 2 is 2.36 bits per heavy atom. The number of hydrogen-bond acceptors (Lipinski definition) is 4. The summed E-state index contributed by atoms with van der Waals surface area (Å²) < 4.78 is 4.56. The summed E-state index contributed by atoms with van der Waals surface area (Å²) in [7, 11) is 0. The van der Waals surface area contributed by atoms with Crippen LogP contribution in [0.5, 0.6) is 0 Å². The van der Waals surface area contributed by atoms with Gasteiger partial charge in [-0.3, -0.25) is 0 Å². The zero-order valence-electron chi connectivity index (χ0n) is 6.50. The first kappa shape index (κ1) is 6.79. The lowest BCUT2D eigenvalue weighted by Gasteiger charge is -1.96. The summed E-state index contributed by atoms with van der Waals surface area (Å²) in [5, 5.41) is 10.8. The van der Waals surface area contributed by atoms with Gasteiger partial charge in [0.25, 0.3) is 0 Å². The fourth-order valence-corrected chi connectivity index (χ4v) is 0.938. The van der Waals surface area contributed by atoms with E-state index in [1.165, 1.54) is 12.8 Å². The molecule has 1 aromatic rings. The smallest absolute Gasteiger partial charge is 0.121 e. The van der Waals surface area contributed by atoms with E-state index in [-0.39, 0.29) is 0 Å². The Kier molecular flexibility index (Phi) is 1.62. The van der Waals surface area contributed by atoms with Crippen molar-refractivity contribution in [1.29, 1.82) is 0 Å². The monoisotopic (exact) mass is 153 g/mol. The molecule has 1 N–H and O–H groups in total. The molecule has 4 heteroatoms. The molecule has 4 nitrogen and oxygen atoms in total. The fourth-order valence-electron chi connectivity index (χ4n) is 0.938. The summed E-state index contributed by atoms with van der Waals surface area (Å²) in [6, 6.07) is 0.714. The van der Waals surface area contributed by atoms with Gasteiger partial charge in [0.05, 0.1) is 0 Å². The molecule has 0 radical (unpaired) electrons. The van der Waals surface area contributed by atoms with E-state index in [0.717, 1.165) is 17.9 Å². The largest absolute Gasteiger partial charge is 0.308 e. The van der Waals surface area contributed by atoms with Gasteiger partial charge in [-0.05, 0) is 19.8 Å². The zero-order valence-corrected chi connectivity index (χ0v) is 6.50. The first-order chi connectivity index (χ1) is 5.36. The second-order valence-electron chi connectivity index (χ2n) is 2.95. The van der Waals surface area contributed by atoms with Crippen molar-refractivity contribution in [2.24, 2.45) is 0 Å². The van der Waals surface area contributed by atoms with Crippen molar-refractivity contribution < 1.29 is 4.63 Å². The molecule has 0 aromatic carbocycles. The van der Waals surface area contributed by atoms with Crippen molar-refractivity contribution >= 4 is 0 Å². The van der Waals surface area contributed by atoms with Crippen LogP contribution < -0.4 is 5.32 Å². The fraction of sp³-hybridized carbons (Fsp3) is 0.714. The zero-order chi connectivity index (χ0) is 7.68. The highest BCUT2D eigenvalue weighted by molar-refractivity contribution is 5.04. The lowest BCUT2D eigenvalue weighted by atomic mass is 10.3. The van der Waals surface area contributed by atoms with Crippen molar-refractivity contribution in [3.8, 4) is 0 Å². The van der Waals surface area contributed by atoms with Gasteiger partial charge in [-0.15, -0.1) is 0 Å². The van der Waals surface area contributed by atoms with Crippen LogP contribution in [0.4, 0.5) is 0 Å². The standard InChI is InChI=1S/C7H11N3O/c1-5-7(10-11-9-5)4-8-6-2-3-6/h6,8H,2-4H2,1H3. The number of nitrogens with one attached hydrogen (secondary N) is 1. The van der Waals surface area contributed by atoms with Crippen LogP contribution in [0.2, 0.25) is 0 Å². The molecule has 1 aliphatic rings. The van der Waals surface area contributed by atoms with E-state index in [0.29, 0.717) is 6.04 Å². The highest BCUT2D eigenvalue weighted by atomic mass is 16.6. The third-order valence-electron chi connectivity index (χ3n) is 1.88. The topological polar surface area (TPSA) is 51.0 Å². The molecule has 1 heterocycles. The molecule has 0 spiro atoms. The number of aromatic nitrogens is 2. The quantitative estimate of drug-likeness (QED) is 0.692. The Balaban J connectivity index is 1.89. The Morgan fingerprint density at radius 3 is 2.91 bits per heavy atom. The van der Waals surface area contributed by atoms with Crippen molar-refractivity contribution in [2.45, 2.75) is 32.4 Å². The van der Waals surface area contributed by atoms with Crippen molar-refractivity contribution in [1.82, 2.24) is 15.6 Å². The molecule has 2 rings (SSSR count). The van der Waals surface area contributed by atoms with Crippen molar-refractivity contribution in [3.05, 3.63) is 11.4 Å². The molecule has 11 heavy (non-hydrogen) atoms. The van der Waals surface area contributed by atoms with Crippen LogP contribution >= 0.6 is 0 Å². The van der Waals surface area contributed by atoms with Gasteiger partial charge >= 0.3 is 0 Å². The summed E-state index contributed by atoms with van der Waals surface area (Å²) >= 11 is 0. The molecule has 1 saturated carbocycles. The van der Waals surface area contributed by atoms with Gasteiger partial charge in [-0.25, -0.2) is 4.63 Å². The Bertz CT molecular complexity index is 242. The third kappa shape index (κ3) is 1.57. The van der Waals surface area contributed by atoms with Gasteiger partial charge in [0.15, 0.2) is 0 Å². The number of rotatable bonds is 3. The number of hydrogen-bond donors (Lipinski definition) is 1. The Morgan fingerprint density at radius 1 is 1.55 bits per heavy atom. The van der Waals surface area contributed by atoms with Crippen LogP contribution in [0.3, 0.4) is 0 Å². The molecule has 0 aliphatic heterocycles. The highest BCUT2D eigenvalue weighted by Crippen LogP contribution is 2.19. The predicted molar refractivity (Wildman–Crippen MR) is 38.9 cm³/mol. The third-order valence-corrected chi connectivity index (χ3v) is 1.88. The van der Waals surface area contributed by atoms with Crippen LogP contribution in [0, 0.1) is 6.92 Å². The molecule has 0 amide bonds. The van der Waals surface area contributed by atoms with Crippen LogP contribution in [-0.2, 0) is 6.54 Å². The van der Waals surface area contributed by atoms with E-state index in [1.54, 1.807) is 0 Å². The van der Waals surface area contributed by atoms with Crippen molar-refractivity contribution in [3.63, 3.8) is 0 Å². The first-order valence-electron chi connectivity index (χ1n) is 3.87. The van der Waals surface area contributed by atoms with E-state index < -0.39 is 0 Å². The van der Waals surface area contributed by atoms with Gasteiger partial charge in [0.1, 0.15) is 11.4 Å². The maximum atomic E-state index is 4.56. The van der Waals surface area contributed by atoms with E-state index >= 15 is 0 Å². The molecule has 1 fully saturated rings. The molecule has 0 bridgehead atoms. The first-order valence-corrected chi connectivity index (χ1v) is 3.87. The van der Waals surface area contributed by atoms with Crippen molar-refractivity contribution in [2.75, 3.05) is 0 Å². The Labute approximate surface area is 64.9 Å². The molecule has 0 saturated heterocycles. The summed E-state index contributed by atoms with van der Waals surface area (Å²) in [5.41, 5.74) is 1.81. The molecular weight excluding hydrogens is 142 g/mol. The molecular formula is C7H11N3O. The summed E-state index contributed by atoms with van der Waals surface area (Å²) in [4.78, 5) is 0. The average Bonchev–Trinajstić information content (AvgIpc) is 2.73. The van der Waals surface area contributed by atoms with Crippen LogP contribution in [0.1, 0.15) is 24.2 Å². The molecule has 0 atom stereocenters. The van der Waals surface area contributed by atoms with Gasteiger partial charge in [0.2, 0.25) is 0 Å². The predicted octanol–water partition coefficient (Wildman–Crippen LogP) is 0.630. The summed E-state index contributed by atoms with van der Waals surface area (Å²) in [6.07, 6.45) is 2.59. The second-order valence-corrected chi connectivity index (χ2v) is 2.95. The summed E-state index contributed by atoms with van der Waals surface area (Å²) in [5.74, 6) is 0. The molecule has 60 valence electrons. The average molecular weight is 153 g/mol. The minimum Gasteiger partial charge on any atom is -0.308 e. The molecule has 1 aliphatic carbocycles. The van der Waals surface area contributed by atoms with E-state index in [4.69, 9.17) is 0 Å². The SMILES string of the molecule is Cc1nonc1CNC1CC1. The Hall–Kier alpha value is -0.900. The van der Waals surface area contributed by atoms with Gasteiger partial charge in [-0.1, -0.05) is 10.3 Å². The van der Waals surface area contributed by atoms with Crippen LogP contribution in [-0.4, -0.2) is 16.4 Å². The van der Waals surface area contributed by atoms with E-state index in [2.05, 4.69) is 20.3 Å². The van der Waals surface area contributed by atoms with Gasteiger partial charge in [0, 0.05) is 12.6 Å². The molecule has 1 aromatic heterocycles. The van der Waals surface area contributed by atoms with E-state index in [9.17, 15) is 0 Å². The van der Waals surface area contributed by atoms with E-state index in [1.807, 2.05) is 6.92 Å². The van der Waals surface area contributed by atoms with Gasteiger partial charge < -0.3 is 5.32 Å². The second kappa shape index (κ2) is 2.62. The maximum Gasteiger partial charge on any atom is 0.121 e. The summed E-state index contributed by atoms with van der Waals surface area (Å²) in [6.45, 7) is 2.69. The highest BCUT2D eigenvalue weighted by Gasteiger charge is 2.20. The number of nitrogens with zero attached hydrogens (tertiary/aromatic N) is 2. The lowest BCUT2D eigenvalue weighted by molar-refractivity contribution is 0.300. The van der Waals surface area contributed by atoms with Crippen LogP contribution in [0.15, 0.2) is 4.63 Å². The lowest BCUT2D eigenvalue weighted by Crippen LogP contribution is -2.16.